The Morgan fingerprint density at radius 2 is 1.93 bits per heavy atom. The van der Waals surface area contributed by atoms with Gasteiger partial charge in [0.2, 0.25) is 5.91 Å². The van der Waals surface area contributed by atoms with E-state index in [-0.39, 0.29) is 17.9 Å². The number of amides is 2. The second-order valence-corrected chi connectivity index (χ2v) is 7.90. The van der Waals surface area contributed by atoms with Crippen molar-refractivity contribution >= 4 is 29.3 Å². The number of aryl methyl sites for hydroxylation is 1. The number of ether oxygens (including phenoxy) is 1. The molecule has 2 aromatic carbocycles. The van der Waals surface area contributed by atoms with Crippen LogP contribution < -0.4 is 10.6 Å². The number of anilines is 1. The van der Waals surface area contributed by atoms with E-state index in [4.69, 9.17) is 4.74 Å². The third-order valence-corrected chi connectivity index (χ3v) is 5.59. The number of carbonyl (C=O) groups is 2. The number of carbonyl (C=O) groups excluding carboxylic acids is 2. The number of para-hydroxylation sites is 1. The van der Waals surface area contributed by atoms with Crippen molar-refractivity contribution in [3.05, 3.63) is 65.2 Å². The van der Waals surface area contributed by atoms with Gasteiger partial charge in [-0.1, -0.05) is 42.0 Å². The molecule has 5 nitrogen and oxygen atoms in total. The summed E-state index contributed by atoms with van der Waals surface area (Å²) in [4.78, 5) is 24.8. The van der Waals surface area contributed by atoms with Crippen LogP contribution in [0.25, 0.3) is 0 Å². The summed E-state index contributed by atoms with van der Waals surface area (Å²) in [6.45, 7) is 3.31. The van der Waals surface area contributed by atoms with Gasteiger partial charge in [-0.2, -0.15) is 0 Å². The van der Waals surface area contributed by atoms with E-state index in [0.717, 1.165) is 25.2 Å². The number of thioether (sulfide) groups is 1. The first-order chi connectivity index (χ1) is 13.6. The number of hydrogen-bond acceptors (Lipinski definition) is 4. The lowest BCUT2D eigenvalue weighted by Gasteiger charge is -2.13. The lowest BCUT2D eigenvalue weighted by atomic mass is 10.1. The molecule has 0 bridgehead atoms. The quantitative estimate of drug-likeness (QED) is 0.710. The molecule has 2 amide bonds. The van der Waals surface area contributed by atoms with E-state index in [1.165, 1.54) is 11.1 Å². The molecule has 3 rings (SSSR count). The molecule has 1 aliphatic heterocycles. The van der Waals surface area contributed by atoms with E-state index < -0.39 is 0 Å². The summed E-state index contributed by atoms with van der Waals surface area (Å²) in [5.74, 6) is 0.798. The Balaban J connectivity index is 1.49. The zero-order chi connectivity index (χ0) is 19.8. The highest BCUT2D eigenvalue weighted by molar-refractivity contribution is 7.99. The third-order valence-electron chi connectivity index (χ3n) is 4.58. The van der Waals surface area contributed by atoms with Crippen LogP contribution in [0.5, 0.6) is 0 Å². The van der Waals surface area contributed by atoms with Gasteiger partial charge < -0.3 is 15.4 Å². The highest BCUT2D eigenvalue weighted by Crippen LogP contribution is 2.18. The molecule has 0 aliphatic carbocycles. The van der Waals surface area contributed by atoms with Crippen molar-refractivity contribution in [2.75, 3.05) is 24.2 Å². The lowest BCUT2D eigenvalue weighted by Crippen LogP contribution is -2.32. The van der Waals surface area contributed by atoms with Crippen LogP contribution in [-0.4, -0.2) is 36.8 Å². The van der Waals surface area contributed by atoms with Crippen LogP contribution in [0, 0.1) is 6.92 Å². The van der Waals surface area contributed by atoms with Crippen molar-refractivity contribution in [3.8, 4) is 0 Å². The molecule has 2 N–H and O–H groups in total. The molecule has 0 radical (unpaired) electrons. The van der Waals surface area contributed by atoms with Crippen LogP contribution in [0.1, 0.15) is 34.3 Å². The monoisotopic (exact) mass is 398 g/mol. The van der Waals surface area contributed by atoms with E-state index >= 15 is 0 Å². The van der Waals surface area contributed by atoms with Crippen molar-refractivity contribution in [1.82, 2.24) is 5.32 Å². The average Bonchev–Trinajstić information content (AvgIpc) is 3.22. The smallest absolute Gasteiger partial charge is 0.253 e. The Kier molecular flexibility index (Phi) is 7.51. The van der Waals surface area contributed by atoms with Gasteiger partial charge in [-0.05, 0) is 37.5 Å². The minimum atomic E-state index is -0.196. The number of rotatable bonds is 8. The van der Waals surface area contributed by atoms with E-state index in [2.05, 4.69) is 41.8 Å². The predicted octanol–water partition coefficient (Wildman–Crippen LogP) is 3.78. The van der Waals surface area contributed by atoms with Gasteiger partial charge in [0.15, 0.2) is 0 Å². The van der Waals surface area contributed by atoms with Gasteiger partial charge in [0.05, 0.1) is 23.1 Å². The van der Waals surface area contributed by atoms with E-state index in [0.29, 0.717) is 23.5 Å². The molecule has 0 unspecified atom stereocenters. The molecule has 1 atom stereocenters. The first-order valence-corrected chi connectivity index (χ1v) is 10.7. The van der Waals surface area contributed by atoms with Gasteiger partial charge >= 0.3 is 0 Å². The van der Waals surface area contributed by atoms with Crippen LogP contribution in [-0.2, 0) is 15.3 Å². The summed E-state index contributed by atoms with van der Waals surface area (Å²) in [5, 5.41) is 5.77. The fourth-order valence-electron chi connectivity index (χ4n) is 3.03. The molecule has 1 fully saturated rings. The van der Waals surface area contributed by atoms with E-state index in [9.17, 15) is 9.59 Å². The predicted molar refractivity (Wildman–Crippen MR) is 114 cm³/mol. The lowest BCUT2D eigenvalue weighted by molar-refractivity contribution is -0.113. The zero-order valence-electron chi connectivity index (χ0n) is 16.1. The van der Waals surface area contributed by atoms with Crippen molar-refractivity contribution in [2.24, 2.45) is 0 Å². The first kappa shape index (κ1) is 20.4. The summed E-state index contributed by atoms with van der Waals surface area (Å²) in [5.41, 5.74) is 3.42. The maximum Gasteiger partial charge on any atom is 0.253 e. The fraction of sp³-hybridized carbons (Fsp3) is 0.364. The average molecular weight is 399 g/mol. The maximum absolute atomic E-state index is 12.5. The molecule has 6 heteroatoms. The summed E-state index contributed by atoms with van der Waals surface area (Å²) < 4.78 is 5.53. The maximum atomic E-state index is 12.5. The molecule has 1 saturated heterocycles. The molecule has 1 aliphatic rings. The number of nitrogens with one attached hydrogen (secondary N) is 2. The van der Waals surface area contributed by atoms with Gasteiger partial charge in [0, 0.05) is 18.9 Å². The minimum Gasteiger partial charge on any atom is -0.376 e. The van der Waals surface area contributed by atoms with Crippen LogP contribution in [0.3, 0.4) is 0 Å². The van der Waals surface area contributed by atoms with Gasteiger partial charge in [-0.15, -0.1) is 11.8 Å². The normalized spacial score (nSPS) is 16.0. The highest BCUT2D eigenvalue weighted by atomic mass is 32.2. The van der Waals surface area contributed by atoms with Crippen molar-refractivity contribution < 1.29 is 14.3 Å². The van der Waals surface area contributed by atoms with Crippen LogP contribution in [0.15, 0.2) is 48.5 Å². The molecule has 0 spiro atoms. The molecule has 2 aromatic rings. The molecule has 0 saturated carbocycles. The molecule has 1 heterocycles. The van der Waals surface area contributed by atoms with Gasteiger partial charge in [-0.25, -0.2) is 0 Å². The Hall–Kier alpha value is -2.31. The Bertz CT molecular complexity index is 802. The van der Waals surface area contributed by atoms with E-state index in [1.54, 1.807) is 30.0 Å². The standard InChI is InChI=1S/C22H26N2O3S/c1-16-8-10-17(11-9-16)14-28-15-21(25)24-20-7-3-2-6-19(20)22(26)23-13-18-5-4-12-27-18/h2-3,6-11,18H,4-5,12-15H2,1H3,(H,23,26)(H,24,25)/t18-/m1/s1. The van der Waals surface area contributed by atoms with Crippen LogP contribution in [0.4, 0.5) is 5.69 Å². The number of hydrogen-bond donors (Lipinski definition) is 2. The van der Waals surface area contributed by atoms with Crippen LogP contribution in [0.2, 0.25) is 0 Å². The van der Waals surface area contributed by atoms with Gasteiger partial charge in [-0.3, -0.25) is 9.59 Å². The topological polar surface area (TPSA) is 67.4 Å². The third kappa shape index (κ3) is 6.11. The summed E-state index contributed by atoms with van der Waals surface area (Å²) in [6, 6.07) is 15.4. The second-order valence-electron chi connectivity index (χ2n) is 6.92. The Labute approximate surface area is 170 Å². The van der Waals surface area contributed by atoms with Crippen molar-refractivity contribution in [3.63, 3.8) is 0 Å². The fourth-order valence-corrected chi connectivity index (χ4v) is 3.82. The van der Waals surface area contributed by atoms with Gasteiger partial charge in [0.1, 0.15) is 0 Å². The summed E-state index contributed by atoms with van der Waals surface area (Å²) in [7, 11) is 0. The highest BCUT2D eigenvalue weighted by Gasteiger charge is 2.18. The van der Waals surface area contributed by atoms with E-state index in [1.807, 2.05) is 6.07 Å². The van der Waals surface area contributed by atoms with Crippen LogP contribution >= 0.6 is 11.8 Å². The number of benzene rings is 2. The molecule has 28 heavy (non-hydrogen) atoms. The molecular weight excluding hydrogens is 372 g/mol. The zero-order valence-corrected chi connectivity index (χ0v) is 16.9. The molecular formula is C22H26N2O3S. The van der Waals surface area contributed by atoms with Gasteiger partial charge in [0.25, 0.3) is 5.91 Å². The molecule has 148 valence electrons. The Morgan fingerprint density at radius 1 is 1.14 bits per heavy atom. The molecule has 0 aromatic heterocycles. The van der Waals surface area contributed by atoms with Crippen molar-refractivity contribution in [2.45, 2.75) is 31.6 Å². The second kappa shape index (κ2) is 10.3. The summed E-state index contributed by atoms with van der Waals surface area (Å²) in [6.07, 6.45) is 2.09. The largest absolute Gasteiger partial charge is 0.376 e. The SMILES string of the molecule is Cc1ccc(CSCC(=O)Nc2ccccc2C(=O)NC[C@H]2CCCO2)cc1. The minimum absolute atomic E-state index is 0.0869. The van der Waals surface area contributed by atoms with Crippen molar-refractivity contribution in [1.29, 1.82) is 0 Å². The first-order valence-electron chi connectivity index (χ1n) is 9.54. The Morgan fingerprint density at radius 3 is 2.68 bits per heavy atom. The summed E-state index contributed by atoms with van der Waals surface area (Å²) >= 11 is 1.55.